The number of nitrogens with zero attached hydrogens (tertiary/aromatic N) is 2. The van der Waals surface area contributed by atoms with Crippen LogP contribution in [0.25, 0.3) is 10.2 Å². The number of rotatable bonds is 5. The maximum absolute atomic E-state index is 13.1. The van der Waals surface area contributed by atoms with Crippen molar-refractivity contribution in [2.45, 2.75) is 53.0 Å². The molecule has 30 heavy (non-hydrogen) atoms. The van der Waals surface area contributed by atoms with Crippen LogP contribution in [-0.2, 0) is 30.6 Å². The fourth-order valence-corrected chi connectivity index (χ4v) is 5.51. The normalized spacial score (nSPS) is 16.4. The van der Waals surface area contributed by atoms with Crippen LogP contribution in [0.1, 0.15) is 43.2 Å². The van der Waals surface area contributed by atoms with E-state index in [0.717, 1.165) is 41.5 Å². The molecule has 1 aliphatic carbocycles. The summed E-state index contributed by atoms with van der Waals surface area (Å²) in [5, 5.41) is 3.63. The van der Waals surface area contributed by atoms with Gasteiger partial charge in [0.1, 0.15) is 11.4 Å². The number of aryl methyl sites for hydroxylation is 1. The Balaban J connectivity index is 1.47. The zero-order chi connectivity index (χ0) is 21.3. The van der Waals surface area contributed by atoms with Crippen molar-refractivity contribution in [1.29, 1.82) is 0 Å². The molecule has 1 unspecified atom stereocenters. The molecule has 1 aliphatic rings. The maximum Gasteiger partial charge on any atom is 0.262 e. The van der Waals surface area contributed by atoms with Gasteiger partial charge in [-0.2, -0.15) is 0 Å². The van der Waals surface area contributed by atoms with Gasteiger partial charge in [-0.3, -0.25) is 14.2 Å². The van der Waals surface area contributed by atoms with E-state index in [9.17, 15) is 9.59 Å². The predicted molar refractivity (Wildman–Crippen MR) is 122 cm³/mol. The summed E-state index contributed by atoms with van der Waals surface area (Å²) in [5.74, 6) is 0.460. The van der Waals surface area contributed by atoms with Gasteiger partial charge in [-0.1, -0.05) is 51.1 Å². The molecule has 1 amide bonds. The Bertz CT molecular complexity index is 1110. The molecule has 2 heterocycles. The molecule has 0 radical (unpaired) electrons. The number of thiophene rings is 1. The lowest BCUT2D eigenvalue weighted by atomic mass is 9.72. The first kappa shape index (κ1) is 20.8. The summed E-state index contributed by atoms with van der Waals surface area (Å²) >= 11 is 1.65. The fraction of sp³-hybridized carbons (Fsp3) is 0.458. The molecule has 1 N–H and O–H groups in total. The van der Waals surface area contributed by atoms with Crippen molar-refractivity contribution in [3.8, 4) is 0 Å². The van der Waals surface area contributed by atoms with Crippen LogP contribution in [0.3, 0.4) is 0 Å². The molecular formula is C24H29N3O2S. The highest BCUT2D eigenvalue weighted by atomic mass is 32.1. The second-order valence-corrected chi connectivity index (χ2v) is 10.3. The number of benzene rings is 1. The van der Waals surface area contributed by atoms with Gasteiger partial charge in [-0.15, -0.1) is 11.3 Å². The Kier molecular flexibility index (Phi) is 5.78. The summed E-state index contributed by atoms with van der Waals surface area (Å²) in [4.78, 5) is 32.1. The Morgan fingerprint density at radius 2 is 2.03 bits per heavy atom. The zero-order valence-corrected chi connectivity index (χ0v) is 18.7. The van der Waals surface area contributed by atoms with Crippen LogP contribution in [-0.4, -0.2) is 22.0 Å². The quantitative estimate of drug-likeness (QED) is 0.675. The summed E-state index contributed by atoms with van der Waals surface area (Å²) < 4.78 is 1.45. The first-order chi connectivity index (χ1) is 14.3. The van der Waals surface area contributed by atoms with E-state index in [1.165, 1.54) is 21.3 Å². The van der Waals surface area contributed by atoms with E-state index < -0.39 is 0 Å². The third kappa shape index (κ3) is 4.33. The van der Waals surface area contributed by atoms with Gasteiger partial charge in [-0.05, 0) is 48.1 Å². The third-order valence-corrected chi connectivity index (χ3v) is 7.32. The van der Waals surface area contributed by atoms with E-state index in [1.54, 1.807) is 11.3 Å². The van der Waals surface area contributed by atoms with E-state index >= 15 is 0 Å². The van der Waals surface area contributed by atoms with Crippen molar-refractivity contribution in [2.75, 3.05) is 6.54 Å². The van der Waals surface area contributed by atoms with Crippen LogP contribution in [0.5, 0.6) is 0 Å². The topological polar surface area (TPSA) is 64.0 Å². The molecule has 0 aliphatic heterocycles. The molecule has 0 bridgehead atoms. The van der Waals surface area contributed by atoms with Gasteiger partial charge >= 0.3 is 0 Å². The highest BCUT2D eigenvalue weighted by Gasteiger charge is 2.31. The Hall–Kier alpha value is -2.47. The van der Waals surface area contributed by atoms with Crippen LogP contribution in [0.4, 0.5) is 0 Å². The smallest absolute Gasteiger partial charge is 0.262 e. The van der Waals surface area contributed by atoms with Crippen LogP contribution >= 0.6 is 11.3 Å². The summed E-state index contributed by atoms with van der Waals surface area (Å²) in [6, 6.07) is 10.0. The van der Waals surface area contributed by atoms with Crippen molar-refractivity contribution in [2.24, 2.45) is 11.3 Å². The number of hydrogen-bond donors (Lipinski definition) is 1. The highest BCUT2D eigenvalue weighted by Crippen LogP contribution is 2.41. The van der Waals surface area contributed by atoms with Crippen LogP contribution in [0.2, 0.25) is 0 Å². The van der Waals surface area contributed by atoms with Gasteiger partial charge in [-0.25, -0.2) is 4.98 Å². The van der Waals surface area contributed by atoms with Gasteiger partial charge in [0.05, 0.1) is 11.7 Å². The summed E-state index contributed by atoms with van der Waals surface area (Å²) in [5.41, 5.74) is 2.51. The second-order valence-electron chi connectivity index (χ2n) is 9.25. The van der Waals surface area contributed by atoms with Gasteiger partial charge in [0.25, 0.3) is 5.56 Å². The van der Waals surface area contributed by atoms with E-state index in [1.807, 2.05) is 30.3 Å². The van der Waals surface area contributed by atoms with E-state index in [2.05, 4.69) is 31.1 Å². The van der Waals surface area contributed by atoms with Gasteiger partial charge < -0.3 is 5.32 Å². The van der Waals surface area contributed by atoms with Crippen molar-refractivity contribution in [3.05, 3.63) is 63.0 Å². The minimum absolute atomic E-state index is 0.00575. The molecule has 0 spiro atoms. The number of aromatic nitrogens is 2. The molecule has 0 saturated carbocycles. The minimum Gasteiger partial charge on any atom is -0.354 e. The molecule has 0 fully saturated rings. The van der Waals surface area contributed by atoms with Gasteiger partial charge in [0.15, 0.2) is 0 Å². The largest absolute Gasteiger partial charge is 0.354 e. The SMILES string of the molecule is CC(C)(C)C1CCc2c(sc3ncn(CC(=O)NCCc4ccccc4)c(=O)c23)C1. The van der Waals surface area contributed by atoms with Crippen molar-refractivity contribution in [1.82, 2.24) is 14.9 Å². The van der Waals surface area contributed by atoms with E-state index in [-0.39, 0.29) is 23.4 Å². The molecule has 5 nitrogen and oxygen atoms in total. The number of carbonyl (C=O) groups excluding carboxylic acids is 1. The lowest BCUT2D eigenvalue weighted by Crippen LogP contribution is -2.33. The standard InChI is InChI=1S/C24H29N3O2S/c1-24(2,3)17-9-10-18-19(13-17)30-22-21(18)23(29)27(15-26-22)14-20(28)25-12-11-16-7-5-4-6-8-16/h4-8,15,17H,9-14H2,1-3H3,(H,25,28). The predicted octanol–water partition coefficient (Wildman–Crippen LogP) is 3.97. The number of fused-ring (bicyclic) bond motifs is 3. The van der Waals surface area contributed by atoms with Crippen molar-refractivity contribution < 1.29 is 4.79 Å². The number of nitrogens with one attached hydrogen (secondary N) is 1. The lowest BCUT2D eigenvalue weighted by Gasteiger charge is -2.33. The first-order valence-electron chi connectivity index (χ1n) is 10.6. The number of hydrogen-bond acceptors (Lipinski definition) is 4. The van der Waals surface area contributed by atoms with Crippen molar-refractivity contribution >= 4 is 27.5 Å². The van der Waals surface area contributed by atoms with Gasteiger partial charge in [0, 0.05) is 11.4 Å². The minimum atomic E-state index is -0.161. The maximum atomic E-state index is 13.1. The molecule has 4 rings (SSSR count). The number of carbonyl (C=O) groups is 1. The molecular weight excluding hydrogens is 394 g/mol. The molecule has 1 aromatic carbocycles. The molecule has 2 aromatic heterocycles. The molecule has 0 saturated heterocycles. The zero-order valence-electron chi connectivity index (χ0n) is 17.9. The second kappa shape index (κ2) is 8.34. The Morgan fingerprint density at radius 3 is 2.77 bits per heavy atom. The monoisotopic (exact) mass is 423 g/mol. The molecule has 158 valence electrons. The molecule has 6 heteroatoms. The van der Waals surface area contributed by atoms with Crippen LogP contribution < -0.4 is 10.9 Å². The Morgan fingerprint density at radius 1 is 1.27 bits per heavy atom. The molecule has 1 atom stereocenters. The average Bonchev–Trinajstić information content (AvgIpc) is 3.09. The molecule has 3 aromatic rings. The van der Waals surface area contributed by atoms with E-state index in [4.69, 9.17) is 0 Å². The average molecular weight is 424 g/mol. The first-order valence-corrected chi connectivity index (χ1v) is 11.4. The van der Waals surface area contributed by atoms with Crippen LogP contribution in [0.15, 0.2) is 41.5 Å². The summed E-state index contributed by atoms with van der Waals surface area (Å²) in [7, 11) is 0. The number of amides is 1. The van der Waals surface area contributed by atoms with E-state index in [0.29, 0.717) is 12.5 Å². The fourth-order valence-electron chi connectivity index (χ4n) is 4.25. The van der Waals surface area contributed by atoms with Crippen molar-refractivity contribution in [3.63, 3.8) is 0 Å². The lowest BCUT2D eigenvalue weighted by molar-refractivity contribution is -0.121. The Labute approximate surface area is 181 Å². The summed E-state index contributed by atoms with van der Waals surface area (Å²) in [6.07, 6.45) is 5.31. The van der Waals surface area contributed by atoms with Crippen LogP contribution in [0, 0.1) is 11.3 Å². The summed E-state index contributed by atoms with van der Waals surface area (Å²) in [6.45, 7) is 7.42. The third-order valence-electron chi connectivity index (χ3n) is 6.15. The van der Waals surface area contributed by atoms with Gasteiger partial charge in [0.2, 0.25) is 5.91 Å². The highest BCUT2D eigenvalue weighted by molar-refractivity contribution is 7.18.